The van der Waals surface area contributed by atoms with Crippen molar-refractivity contribution in [1.29, 1.82) is 0 Å². The molecule has 0 aliphatic heterocycles. The lowest BCUT2D eigenvalue weighted by molar-refractivity contribution is 0.0621. The quantitative estimate of drug-likeness (QED) is 0.806. The first-order chi connectivity index (χ1) is 8.70. The minimum absolute atomic E-state index is 0.442. The zero-order chi connectivity index (χ0) is 13.0. The first-order valence-corrected chi connectivity index (χ1v) is 8.11. The minimum atomic E-state index is 0.442. The molecule has 2 aliphatic rings. The van der Waals surface area contributed by atoms with Crippen molar-refractivity contribution < 1.29 is 0 Å². The Bertz CT molecular complexity index is 237. The summed E-state index contributed by atoms with van der Waals surface area (Å²) in [6.07, 6.45) is 12.9. The summed E-state index contributed by atoms with van der Waals surface area (Å²) in [4.78, 5) is 2.54. The molecule has 1 unspecified atom stereocenters. The molecule has 0 aromatic rings. The molecule has 2 heteroatoms. The standard InChI is InChI=1S/C16H32N2/c1-4-17-15(14-10-6-5-7-11-14)16(18(2)3)12-8-9-13-16/h14-15,17H,4-13H2,1-3H3. The minimum Gasteiger partial charge on any atom is -0.312 e. The molecule has 0 aromatic heterocycles. The van der Waals surface area contributed by atoms with E-state index in [-0.39, 0.29) is 0 Å². The molecule has 0 radical (unpaired) electrons. The molecule has 0 saturated heterocycles. The number of likely N-dealkylation sites (N-methyl/N-ethyl adjacent to an activating group) is 2. The van der Waals surface area contributed by atoms with Crippen LogP contribution in [0.15, 0.2) is 0 Å². The summed E-state index contributed by atoms with van der Waals surface area (Å²) in [5.41, 5.74) is 0.442. The van der Waals surface area contributed by atoms with Gasteiger partial charge < -0.3 is 10.2 Å². The smallest absolute Gasteiger partial charge is 0.0359 e. The van der Waals surface area contributed by atoms with Gasteiger partial charge in [-0.25, -0.2) is 0 Å². The Balaban J connectivity index is 2.15. The molecule has 2 rings (SSSR count). The molecule has 0 amide bonds. The Hall–Kier alpha value is -0.0800. The molecule has 0 aromatic carbocycles. The van der Waals surface area contributed by atoms with E-state index < -0.39 is 0 Å². The van der Waals surface area contributed by atoms with Gasteiger partial charge in [0.05, 0.1) is 0 Å². The number of hydrogen-bond donors (Lipinski definition) is 1. The zero-order valence-electron chi connectivity index (χ0n) is 12.7. The molecular weight excluding hydrogens is 220 g/mol. The summed E-state index contributed by atoms with van der Waals surface area (Å²) in [6.45, 7) is 3.39. The monoisotopic (exact) mass is 252 g/mol. The predicted octanol–water partition coefficient (Wildman–Crippen LogP) is 3.42. The molecule has 106 valence electrons. The summed E-state index contributed by atoms with van der Waals surface area (Å²) >= 11 is 0. The van der Waals surface area contributed by atoms with Crippen LogP contribution in [0.2, 0.25) is 0 Å². The van der Waals surface area contributed by atoms with Crippen LogP contribution in [0, 0.1) is 5.92 Å². The fourth-order valence-electron chi connectivity index (χ4n) is 4.51. The highest BCUT2D eigenvalue weighted by atomic mass is 15.2. The fraction of sp³-hybridized carbons (Fsp3) is 1.00. The topological polar surface area (TPSA) is 15.3 Å². The number of rotatable bonds is 5. The van der Waals surface area contributed by atoms with Crippen LogP contribution < -0.4 is 5.32 Å². The first kappa shape index (κ1) is 14.3. The van der Waals surface area contributed by atoms with Crippen molar-refractivity contribution >= 4 is 0 Å². The maximum absolute atomic E-state index is 3.87. The lowest BCUT2D eigenvalue weighted by Gasteiger charge is -2.48. The Labute approximate surface area is 114 Å². The van der Waals surface area contributed by atoms with E-state index in [0.717, 1.165) is 18.5 Å². The van der Waals surface area contributed by atoms with Crippen molar-refractivity contribution in [2.24, 2.45) is 5.92 Å². The lowest BCUT2D eigenvalue weighted by Crippen LogP contribution is -2.60. The Kier molecular flexibility index (Phi) is 5.08. The van der Waals surface area contributed by atoms with Crippen molar-refractivity contribution in [3.63, 3.8) is 0 Å². The summed E-state index contributed by atoms with van der Waals surface area (Å²) in [5, 5.41) is 3.87. The van der Waals surface area contributed by atoms with Gasteiger partial charge in [0, 0.05) is 11.6 Å². The second-order valence-corrected chi connectivity index (χ2v) is 6.64. The highest BCUT2D eigenvalue weighted by molar-refractivity contribution is 5.04. The van der Waals surface area contributed by atoms with E-state index in [1.165, 1.54) is 57.8 Å². The highest BCUT2D eigenvalue weighted by Crippen LogP contribution is 2.42. The van der Waals surface area contributed by atoms with E-state index in [0.29, 0.717) is 5.54 Å². The third-order valence-corrected chi connectivity index (χ3v) is 5.48. The lowest BCUT2D eigenvalue weighted by atomic mass is 9.73. The molecule has 0 spiro atoms. The van der Waals surface area contributed by atoms with Gasteiger partial charge in [-0.15, -0.1) is 0 Å². The molecule has 1 N–H and O–H groups in total. The van der Waals surface area contributed by atoms with Crippen LogP contribution in [-0.2, 0) is 0 Å². The van der Waals surface area contributed by atoms with Crippen LogP contribution in [0.4, 0.5) is 0 Å². The van der Waals surface area contributed by atoms with Crippen LogP contribution in [0.1, 0.15) is 64.7 Å². The van der Waals surface area contributed by atoms with Gasteiger partial charge in [-0.05, 0) is 52.2 Å². The van der Waals surface area contributed by atoms with Crippen LogP contribution >= 0.6 is 0 Å². The van der Waals surface area contributed by atoms with Gasteiger partial charge in [-0.2, -0.15) is 0 Å². The average Bonchev–Trinajstić information content (AvgIpc) is 2.87. The molecule has 2 fully saturated rings. The molecule has 0 heterocycles. The second-order valence-electron chi connectivity index (χ2n) is 6.64. The van der Waals surface area contributed by atoms with Crippen molar-refractivity contribution in [2.75, 3.05) is 20.6 Å². The van der Waals surface area contributed by atoms with E-state index >= 15 is 0 Å². The van der Waals surface area contributed by atoms with Gasteiger partial charge in [0.2, 0.25) is 0 Å². The largest absolute Gasteiger partial charge is 0.312 e. The van der Waals surface area contributed by atoms with Crippen molar-refractivity contribution in [1.82, 2.24) is 10.2 Å². The summed E-state index contributed by atoms with van der Waals surface area (Å²) in [5.74, 6) is 0.916. The van der Waals surface area contributed by atoms with Gasteiger partial charge >= 0.3 is 0 Å². The summed E-state index contributed by atoms with van der Waals surface area (Å²) < 4.78 is 0. The van der Waals surface area contributed by atoms with E-state index in [4.69, 9.17) is 0 Å². The third kappa shape index (κ3) is 2.75. The van der Waals surface area contributed by atoms with Crippen molar-refractivity contribution in [2.45, 2.75) is 76.3 Å². The molecule has 2 saturated carbocycles. The maximum Gasteiger partial charge on any atom is 0.0359 e. The SMILES string of the molecule is CCNC(C1CCCCC1)C1(N(C)C)CCCC1. The van der Waals surface area contributed by atoms with E-state index in [2.05, 4.69) is 31.2 Å². The third-order valence-electron chi connectivity index (χ3n) is 5.48. The van der Waals surface area contributed by atoms with Crippen LogP contribution in [-0.4, -0.2) is 37.1 Å². The van der Waals surface area contributed by atoms with Crippen LogP contribution in [0.25, 0.3) is 0 Å². The molecular formula is C16H32N2. The normalized spacial score (nSPS) is 26.7. The fourth-order valence-corrected chi connectivity index (χ4v) is 4.51. The first-order valence-electron chi connectivity index (χ1n) is 8.11. The van der Waals surface area contributed by atoms with E-state index in [1.807, 2.05) is 0 Å². The van der Waals surface area contributed by atoms with Gasteiger partial charge in [-0.1, -0.05) is 39.0 Å². The van der Waals surface area contributed by atoms with Gasteiger partial charge in [0.1, 0.15) is 0 Å². The highest BCUT2D eigenvalue weighted by Gasteiger charge is 2.45. The van der Waals surface area contributed by atoms with Crippen molar-refractivity contribution in [3.8, 4) is 0 Å². The summed E-state index contributed by atoms with van der Waals surface area (Å²) in [7, 11) is 4.61. The molecule has 18 heavy (non-hydrogen) atoms. The second kappa shape index (κ2) is 6.38. The zero-order valence-corrected chi connectivity index (χ0v) is 12.7. The maximum atomic E-state index is 3.87. The molecule has 2 aliphatic carbocycles. The average molecular weight is 252 g/mol. The number of hydrogen-bond acceptors (Lipinski definition) is 2. The Morgan fingerprint density at radius 2 is 1.67 bits per heavy atom. The molecule has 1 atom stereocenters. The molecule has 0 bridgehead atoms. The predicted molar refractivity (Wildman–Crippen MR) is 78.9 cm³/mol. The van der Waals surface area contributed by atoms with Crippen LogP contribution in [0.3, 0.4) is 0 Å². The molecule has 2 nitrogen and oxygen atoms in total. The van der Waals surface area contributed by atoms with Gasteiger partial charge in [0.15, 0.2) is 0 Å². The van der Waals surface area contributed by atoms with Crippen LogP contribution in [0.5, 0.6) is 0 Å². The van der Waals surface area contributed by atoms with Gasteiger partial charge in [-0.3, -0.25) is 0 Å². The summed E-state index contributed by atoms with van der Waals surface area (Å²) in [6, 6.07) is 0.722. The Morgan fingerprint density at radius 3 is 2.17 bits per heavy atom. The number of nitrogens with one attached hydrogen (secondary N) is 1. The van der Waals surface area contributed by atoms with E-state index in [9.17, 15) is 0 Å². The number of nitrogens with zero attached hydrogens (tertiary/aromatic N) is 1. The van der Waals surface area contributed by atoms with Gasteiger partial charge in [0.25, 0.3) is 0 Å². The Morgan fingerprint density at radius 1 is 1.06 bits per heavy atom. The van der Waals surface area contributed by atoms with Crippen molar-refractivity contribution in [3.05, 3.63) is 0 Å². The van der Waals surface area contributed by atoms with E-state index in [1.54, 1.807) is 0 Å².